The Morgan fingerprint density at radius 3 is 2.39 bits per heavy atom. The average molecular weight is 588 g/mol. The Morgan fingerprint density at radius 1 is 1.00 bits per heavy atom. The zero-order valence-corrected chi connectivity index (χ0v) is 23.4. The number of amidine groups is 1. The summed E-state index contributed by atoms with van der Waals surface area (Å²) in [5, 5.41) is 7.44. The molecule has 0 bridgehead atoms. The van der Waals surface area contributed by atoms with E-state index in [0.29, 0.717) is 33.2 Å². The van der Waals surface area contributed by atoms with Crippen molar-refractivity contribution >= 4 is 62.9 Å². The number of methoxy groups -OCH3 is 1. The van der Waals surface area contributed by atoms with Crippen molar-refractivity contribution in [3.8, 4) is 5.75 Å². The second-order valence-electron chi connectivity index (χ2n) is 8.59. The molecule has 1 fully saturated rings. The Bertz CT molecular complexity index is 1670. The lowest BCUT2D eigenvalue weighted by Crippen LogP contribution is -2.31. The van der Waals surface area contributed by atoms with E-state index in [-0.39, 0.29) is 32.8 Å². The summed E-state index contributed by atoms with van der Waals surface area (Å²) in [6, 6.07) is 21.2. The Hall–Kier alpha value is -4.81. The molecule has 4 aromatic rings. The van der Waals surface area contributed by atoms with E-state index in [4.69, 9.17) is 4.74 Å². The predicted octanol–water partition coefficient (Wildman–Crippen LogP) is 5.67. The summed E-state index contributed by atoms with van der Waals surface area (Å²) in [6.45, 7) is 1.65. The third-order valence-electron chi connectivity index (χ3n) is 5.82. The van der Waals surface area contributed by atoms with Gasteiger partial charge in [-0.1, -0.05) is 41.7 Å². The van der Waals surface area contributed by atoms with Gasteiger partial charge in [0.2, 0.25) is 0 Å². The van der Waals surface area contributed by atoms with E-state index >= 15 is 0 Å². The number of hydrogen-bond donors (Lipinski definition) is 2. The topological polar surface area (TPSA) is 113 Å². The lowest BCUT2D eigenvalue weighted by atomic mass is 10.2. The molecule has 5 rings (SSSR count). The summed E-state index contributed by atoms with van der Waals surface area (Å²) >= 11 is 2.08. The van der Waals surface area contributed by atoms with Crippen LogP contribution in [0.5, 0.6) is 5.75 Å². The number of benzene rings is 3. The third-order valence-corrected chi connectivity index (χ3v) is 7.86. The van der Waals surface area contributed by atoms with Crippen LogP contribution < -0.4 is 20.4 Å². The molecule has 9 nitrogen and oxygen atoms in total. The minimum absolute atomic E-state index is 0.234. The Morgan fingerprint density at radius 2 is 1.71 bits per heavy atom. The van der Waals surface area contributed by atoms with E-state index in [1.54, 1.807) is 73.7 Å². The number of halogens is 1. The first-order valence-electron chi connectivity index (χ1n) is 12.2. The normalized spacial score (nSPS) is 14.9. The number of nitrogens with zero attached hydrogens (tertiary/aromatic N) is 3. The Balaban J connectivity index is 1.34. The van der Waals surface area contributed by atoms with Crippen LogP contribution >= 0.6 is 23.1 Å². The number of amides is 3. The highest BCUT2D eigenvalue weighted by Gasteiger charge is 2.35. The second-order valence-corrected chi connectivity index (χ2v) is 10.6. The standard InChI is InChI=1S/C29H22FN5O4S2/c1-17-24(41-28(31-17)32-25(36)19-10-14-22(39-2)15-11-19)26(37)33-34-29-35(21-6-4-3-5-7-21)27(38)23(40-29)16-18-8-12-20(30)13-9-18/h3-16H,1-2H3,(H,33,37)(H,31,32,36)/b23-16+,34-29+. The van der Waals surface area contributed by atoms with Crippen LogP contribution in [0.25, 0.3) is 6.08 Å². The highest BCUT2D eigenvalue weighted by atomic mass is 32.2. The number of thiazole rings is 1. The van der Waals surface area contributed by atoms with E-state index < -0.39 is 5.91 Å². The number of rotatable bonds is 7. The van der Waals surface area contributed by atoms with Crippen molar-refractivity contribution in [1.29, 1.82) is 0 Å². The van der Waals surface area contributed by atoms with E-state index in [1.807, 2.05) is 6.07 Å². The summed E-state index contributed by atoms with van der Waals surface area (Å²) in [5.74, 6) is -1.02. The van der Waals surface area contributed by atoms with E-state index in [9.17, 15) is 18.8 Å². The summed E-state index contributed by atoms with van der Waals surface area (Å²) in [6.07, 6.45) is 1.64. The molecule has 0 unspecified atom stereocenters. The summed E-state index contributed by atoms with van der Waals surface area (Å²) in [7, 11) is 1.54. The largest absolute Gasteiger partial charge is 0.497 e. The van der Waals surface area contributed by atoms with E-state index in [0.717, 1.165) is 23.1 Å². The first kappa shape index (κ1) is 27.7. The summed E-state index contributed by atoms with van der Waals surface area (Å²) in [4.78, 5) is 45.3. The van der Waals surface area contributed by atoms with Crippen molar-refractivity contribution in [3.63, 3.8) is 0 Å². The Labute approximate surface area is 242 Å². The average Bonchev–Trinajstić information content (AvgIpc) is 3.51. The molecule has 1 aliphatic rings. The van der Waals surface area contributed by atoms with Gasteiger partial charge in [-0.3, -0.25) is 24.6 Å². The maximum absolute atomic E-state index is 13.3. The maximum atomic E-state index is 13.3. The number of thioether (sulfide) groups is 1. The molecule has 12 heteroatoms. The molecule has 0 radical (unpaired) electrons. The van der Waals surface area contributed by atoms with Crippen LogP contribution in [0.3, 0.4) is 0 Å². The lowest BCUT2D eigenvalue weighted by Gasteiger charge is -2.15. The Kier molecular flexibility index (Phi) is 8.22. The summed E-state index contributed by atoms with van der Waals surface area (Å²) in [5.41, 5.74) is 4.53. The fourth-order valence-corrected chi connectivity index (χ4v) is 5.58. The minimum Gasteiger partial charge on any atom is -0.497 e. The van der Waals surface area contributed by atoms with Crippen LogP contribution in [0, 0.1) is 12.7 Å². The van der Waals surface area contributed by atoms with Crippen molar-refractivity contribution in [2.45, 2.75) is 6.92 Å². The van der Waals surface area contributed by atoms with Gasteiger partial charge < -0.3 is 4.74 Å². The number of anilines is 2. The van der Waals surface area contributed by atoms with Crippen LogP contribution in [0.15, 0.2) is 88.9 Å². The molecule has 1 aromatic heterocycles. The van der Waals surface area contributed by atoms with Crippen molar-refractivity contribution in [1.82, 2.24) is 10.4 Å². The third kappa shape index (κ3) is 6.34. The molecule has 3 amide bonds. The number of carbonyl (C=O) groups is 3. The van der Waals surface area contributed by atoms with Crippen LogP contribution in [-0.4, -0.2) is 35.0 Å². The quantitative estimate of drug-likeness (QED) is 0.213. The van der Waals surface area contributed by atoms with Crippen LogP contribution in [0.1, 0.15) is 31.3 Å². The minimum atomic E-state index is -0.547. The highest BCUT2D eigenvalue weighted by molar-refractivity contribution is 8.19. The number of ether oxygens (including phenoxy) is 1. The van der Waals surface area contributed by atoms with Gasteiger partial charge in [-0.2, -0.15) is 0 Å². The van der Waals surface area contributed by atoms with E-state index in [2.05, 4.69) is 20.8 Å². The highest BCUT2D eigenvalue weighted by Crippen LogP contribution is 2.36. The van der Waals surface area contributed by atoms with Crippen LogP contribution in [0.4, 0.5) is 15.2 Å². The lowest BCUT2D eigenvalue weighted by molar-refractivity contribution is -0.113. The molecule has 0 aliphatic carbocycles. The molecule has 41 heavy (non-hydrogen) atoms. The smallest absolute Gasteiger partial charge is 0.283 e. The zero-order chi connectivity index (χ0) is 28.9. The zero-order valence-electron chi connectivity index (χ0n) is 21.8. The monoisotopic (exact) mass is 587 g/mol. The molecular formula is C29H22FN5O4S2. The molecule has 3 aromatic carbocycles. The molecule has 0 spiro atoms. The van der Waals surface area contributed by atoms with Gasteiger partial charge in [-0.15, -0.1) is 5.10 Å². The van der Waals surface area contributed by atoms with Crippen molar-refractivity contribution in [3.05, 3.63) is 111 Å². The van der Waals surface area contributed by atoms with E-state index in [1.165, 1.54) is 24.1 Å². The molecule has 206 valence electrons. The van der Waals surface area contributed by atoms with Crippen LogP contribution in [0.2, 0.25) is 0 Å². The van der Waals surface area contributed by atoms with Crippen molar-refractivity contribution in [2.75, 3.05) is 17.3 Å². The van der Waals surface area contributed by atoms with Gasteiger partial charge >= 0.3 is 0 Å². The predicted molar refractivity (Wildman–Crippen MR) is 159 cm³/mol. The van der Waals surface area contributed by atoms with Gasteiger partial charge in [0.1, 0.15) is 16.4 Å². The SMILES string of the molecule is COc1ccc(C(=O)Nc2nc(C)c(C(=O)N/N=C3/S/C(=C/c4ccc(F)cc4)C(=O)N3c3ccccc3)s2)cc1. The van der Waals surface area contributed by atoms with Gasteiger partial charge in [0.25, 0.3) is 17.7 Å². The molecular weight excluding hydrogens is 565 g/mol. The molecule has 1 saturated heterocycles. The van der Waals surface area contributed by atoms with Crippen molar-refractivity contribution < 1.29 is 23.5 Å². The van der Waals surface area contributed by atoms with Crippen LogP contribution in [-0.2, 0) is 4.79 Å². The van der Waals surface area contributed by atoms with Crippen molar-refractivity contribution in [2.24, 2.45) is 5.10 Å². The molecule has 2 heterocycles. The number of hydrazone groups is 1. The molecule has 0 saturated carbocycles. The van der Waals surface area contributed by atoms with Gasteiger partial charge in [-0.25, -0.2) is 14.8 Å². The van der Waals surface area contributed by atoms with Gasteiger partial charge in [-0.05, 0) is 78.9 Å². The fraction of sp³-hybridized carbons (Fsp3) is 0.0690. The maximum Gasteiger partial charge on any atom is 0.283 e. The first-order chi connectivity index (χ1) is 19.8. The number of aryl methyl sites for hydroxylation is 1. The molecule has 0 atom stereocenters. The number of nitrogens with one attached hydrogen (secondary N) is 2. The van der Waals surface area contributed by atoms with Gasteiger partial charge in [0.15, 0.2) is 10.3 Å². The fourth-order valence-electron chi connectivity index (χ4n) is 3.79. The van der Waals surface area contributed by atoms with Gasteiger partial charge in [0.05, 0.1) is 23.4 Å². The number of aromatic nitrogens is 1. The second kappa shape index (κ2) is 12.1. The molecule has 2 N–H and O–H groups in total. The van der Waals surface area contributed by atoms with Gasteiger partial charge in [0, 0.05) is 5.56 Å². The number of hydrogen-bond acceptors (Lipinski definition) is 8. The molecule has 1 aliphatic heterocycles. The first-order valence-corrected chi connectivity index (χ1v) is 13.8. The summed E-state index contributed by atoms with van der Waals surface area (Å²) < 4.78 is 18.5. The number of para-hydroxylation sites is 1. The number of carbonyl (C=O) groups excluding carboxylic acids is 3.